The van der Waals surface area contributed by atoms with Gasteiger partial charge < -0.3 is 19.9 Å². The molecule has 1 unspecified atom stereocenters. The van der Waals surface area contributed by atoms with Crippen molar-refractivity contribution in [1.82, 2.24) is 19.8 Å². The van der Waals surface area contributed by atoms with Crippen LogP contribution in [0.15, 0.2) is 53.4 Å². The number of carbonyl (C=O) groups excluding carboxylic acids is 4. The molecule has 0 spiro atoms. The monoisotopic (exact) mass is 666 g/mol. The summed E-state index contributed by atoms with van der Waals surface area (Å²) in [4.78, 5) is 50.6. The van der Waals surface area contributed by atoms with E-state index in [0.717, 1.165) is 12.8 Å². The minimum atomic E-state index is -4.07. The van der Waals surface area contributed by atoms with Crippen LogP contribution in [0.4, 0.5) is 0 Å². The smallest absolute Gasteiger partial charge is 0.268 e. The lowest BCUT2D eigenvalue weighted by Crippen LogP contribution is -2.67. The molecule has 1 saturated carbocycles. The van der Waals surface area contributed by atoms with Gasteiger partial charge in [0.05, 0.1) is 17.6 Å². The number of rotatable bonds is 7. The Kier molecular flexibility index (Phi) is 9.87. The van der Waals surface area contributed by atoms with E-state index in [9.17, 15) is 27.6 Å². The summed E-state index contributed by atoms with van der Waals surface area (Å²) in [5.41, 5.74) is -0.227. The number of ether oxygens (including phenoxy) is 1. The van der Waals surface area contributed by atoms with Crippen LogP contribution in [0.25, 0.3) is 0 Å². The molecule has 2 saturated heterocycles. The molecule has 1 aliphatic carbocycles. The van der Waals surface area contributed by atoms with E-state index in [1.807, 2.05) is 25.5 Å². The van der Waals surface area contributed by atoms with Crippen molar-refractivity contribution in [1.29, 1.82) is 0 Å². The van der Waals surface area contributed by atoms with Crippen molar-refractivity contribution in [2.75, 3.05) is 20.2 Å². The molecule has 2 aromatic carbocycles. The lowest BCUT2D eigenvalue weighted by molar-refractivity contribution is -0.163. The van der Waals surface area contributed by atoms with Crippen LogP contribution < -0.4 is 14.8 Å². The topological polar surface area (TPSA) is 142 Å². The van der Waals surface area contributed by atoms with Crippen molar-refractivity contribution < 1.29 is 32.3 Å². The van der Waals surface area contributed by atoms with Gasteiger partial charge >= 0.3 is 0 Å². The predicted molar refractivity (Wildman–Crippen MR) is 165 cm³/mol. The van der Waals surface area contributed by atoms with E-state index in [1.165, 1.54) is 37.4 Å². The Labute approximate surface area is 267 Å². The van der Waals surface area contributed by atoms with Crippen LogP contribution in [0.1, 0.15) is 67.2 Å². The molecule has 3 aliphatic rings. The molecule has 5 rings (SSSR count). The Balaban J connectivity index is 0.000000215. The summed E-state index contributed by atoms with van der Waals surface area (Å²) in [7, 11) is -2.68. The third-order valence-corrected chi connectivity index (χ3v) is 9.54. The molecule has 0 aromatic heterocycles. The summed E-state index contributed by atoms with van der Waals surface area (Å²) in [6.45, 7) is 7.23. The van der Waals surface area contributed by atoms with Crippen LogP contribution in [-0.2, 0) is 19.6 Å². The third kappa shape index (κ3) is 7.47. The molecule has 14 heteroatoms. The van der Waals surface area contributed by atoms with Crippen molar-refractivity contribution >= 4 is 56.9 Å². The second kappa shape index (κ2) is 12.9. The predicted octanol–water partition coefficient (Wildman–Crippen LogP) is 3.70. The minimum Gasteiger partial charge on any atom is -0.496 e. The van der Waals surface area contributed by atoms with E-state index >= 15 is 0 Å². The van der Waals surface area contributed by atoms with Gasteiger partial charge in [-0.1, -0.05) is 49.2 Å². The number of nitrogens with one attached hydrogen (secondary N) is 2. The maximum atomic E-state index is 12.4. The first-order valence-electron chi connectivity index (χ1n) is 14.1. The number of carbonyl (C=O) groups is 4. The fourth-order valence-corrected chi connectivity index (χ4v) is 6.48. The van der Waals surface area contributed by atoms with Crippen molar-refractivity contribution in [3.05, 3.63) is 59.7 Å². The zero-order valence-electron chi connectivity index (χ0n) is 24.9. The normalized spacial score (nSPS) is 20.8. The van der Waals surface area contributed by atoms with Crippen molar-refractivity contribution in [3.63, 3.8) is 0 Å². The zero-order chi connectivity index (χ0) is 32.4. The highest BCUT2D eigenvalue weighted by Crippen LogP contribution is 2.42. The first-order chi connectivity index (χ1) is 20.6. The molecule has 2 heterocycles. The maximum absolute atomic E-state index is 12.4. The summed E-state index contributed by atoms with van der Waals surface area (Å²) in [5, 5.41) is 2.82. The fraction of sp³-hybridized carbons (Fsp3) is 0.467. The molecule has 3 fully saturated rings. The molecule has 238 valence electrons. The average molecular weight is 668 g/mol. The highest BCUT2D eigenvalue weighted by molar-refractivity contribution is 7.90. The summed E-state index contributed by atoms with van der Waals surface area (Å²) < 4.78 is 31.9. The fourth-order valence-electron chi connectivity index (χ4n) is 5.28. The number of amides is 4. The van der Waals surface area contributed by atoms with Crippen LogP contribution in [-0.4, -0.2) is 78.6 Å². The van der Waals surface area contributed by atoms with Crippen LogP contribution in [0.5, 0.6) is 5.75 Å². The third-order valence-electron chi connectivity index (χ3n) is 7.82. The molecule has 1 atom stereocenters. The number of fused-ring (bicyclic) bond motifs is 1. The highest BCUT2D eigenvalue weighted by Gasteiger charge is 2.54. The standard InChI is InChI=1S/C18H18N2O5S.C12H18Cl2N2O2/c1-25-16-5-3-2-4-15(16)18(22)20-26(23,24)14-10-6-12(7-11-14)17(21)19-13-8-9-13;1-11(2)6-15-8(17)4-5-12(15,3)16(7-11)10(18)9(13)14/h2-7,10-11,13H,8-9H2,1H3,(H,19,21)(H,20,22);9H,4-7H2,1-3H3. The summed E-state index contributed by atoms with van der Waals surface area (Å²) >= 11 is 11.4. The Bertz CT molecular complexity index is 1540. The van der Waals surface area contributed by atoms with E-state index in [0.29, 0.717) is 31.5 Å². The van der Waals surface area contributed by atoms with Gasteiger partial charge in [-0.15, -0.1) is 0 Å². The van der Waals surface area contributed by atoms with Crippen LogP contribution in [0.3, 0.4) is 0 Å². The number of nitrogens with zero attached hydrogens (tertiary/aromatic N) is 2. The Hall–Kier alpha value is -3.35. The van der Waals surface area contributed by atoms with Gasteiger partial charge in [0.1, 0.15) is 11.4 Å². The SMILES string of the molecule is CC1(C)CN2C(=O)CCC2(C)N(C(=O)C(Cl)Cl)C1.COc1ccccc1C(=O)NS(=O)(=O)c1ccc(C(=O)NC2CC2)cc1. The van der Waals surface area contributed by atoms with E-state index in [1.54, 1.807) is 28.0 Å². The molecule has 4 amide bonds. The van der Waals surface area contributed by atoms with Gasteiger partial charge in [0, 0.05) is 36.5 Å². The number of methoxy groups -OCH3 is 1. The van der Waals surface area contributed by atoms with Crippen molar-refractivity contribution in [2.45, 2.75) is 67.9 Å². The summed E-state index contributed by atoms with van der Waals surface area (Å²) in [5.74, 6) is -0.975. The van der Waals surface area contributed by atoms with Crippen LogP contribution >= 0.6 is 23.2 Å². The number of benzene rings is 2. The first-order valence-corrected chi connectivity index (χ1v) is 16.4. The number of para-hydroxylation sites is 1. The number of halogens is 2. The van der Waals surface area contributed by atoms with Crippen molar-refractivity contribution in [2.24, 2.45) is 5.41 Å². The van der Waals surface area contributed by atoms with Crippen LogP contribution in [0, 0.1) is 5.41 Å². The highest BCUT2D eigenvalue weighted by atomic mass is 35.5. The molecule has 44 heavy (non-hydrogen) atoms. The Morgan fingerprint density at radius 3 is 2.20 bits per heavy atom. The molecular formula is C30H36Cl2N4O7S. The Morgan fingerprint density at radius 2 is 1.61 bits per heavy atom. The lowest BCUT2D eigenvalue weighted by Gasteiger charge is -2.54. The van der Waals surface area contributed by atoms with E-state index in [-0.39, 0.29) is 45.4 Å². The number of hydrogen-bond acceptors (Lipinski definition) is 7. The number of sulfonamides is 1. The molecule has 2 N–H and O–H groups in total. The van der Waals surface area contributed by atoms with E-state index in [4.69, 9.17) is 27.9 Å². The zero-order valence-corrected chi connectivity index (χ0v) is 27.3. The van der Waals surface area contributed by atoms with Gasteiger partial charge in [-0.2, -0.15) is 0 Å². The quantitative estimate of drug-likeness (QED) is 0.429. The summed E-state index contributed by atoms with van der Waals surface area (Å²) in [6.07, 6.45) is 3.06. The van der Waals surface area contributed by atoms with E-state index in [2.05, 4.69) is 5.32 Å². The molecular weight excluding hydrogens is 631 g/mol. The van der Waals surface area contributed by atoms with Gasteiger partial charge in [0.2, 0.25) is 5.91 Å². The van der Waals surface area contributed by atoms with Gasteiger partial charge in [0.15, 0.2) is 4.84 Å². The molecule has 11 nitrogen and oxygen atoms in total. The van der Waals surface area contributed by atoms with Crippen molar-refractivity contribution in [3.8, 4) is 5.75 Å². The maximum Gasteiger partial charge on any atom is 0.268 e. The van der Waals surface area contributed by atoms with E-state index < -0.39 is 26.4 Å². The molecule has 0 radical (unpaired) electrons. The number of hydrogen-bond donors (Lipinski definition) is 2. The molecule has 2 aromatic rings. The molecule has 2 aliphatic heterocycles. The van der Waals surface area contributed by atoms with Gasteiger partial charge in [-0.3, -0.25) is 19.2 Å². The lowest BCUT2D eigenvalue weighted by atomic mass is 9.86. The largest absolute Gasteiger partial charge is 0.496 e. The summed E-state index contributed by atoms with van der Waals surface area (Å²) in [6, 6.07) is 11.9. The second-order valence-corrected chi connectivity index (χ2v) is 14.8. The van der Waals surface area contributed by atoms with Gasteiger partial charge in [-0.05, 0) is 62.6 Å². The second-order valence-electron chi connectivity index (χ2n) is 12.0. The van der Waals surface area contributed by atoms with Gasteiger partial charge in [-0.25, -0.2) is 13.1 Å². The Morgan fingerprint density at radius 1 is 0.977 bits per heavy atom. The minimum absolute atomic E-state index is 0.101. The average Bonchev–Trinajstić information content (AvgIpc) is 3.75. The number of alkyl halides is 2. The van der Waals surface area contributed by atoms with Gasteiger partial charge in [0.25, 0.3) is 27.7 Å². The van der Waals surface area contributed by atoms with Crippen LogP contribution in [0.2, 0.25) is 0 Å². The molecule has 0 bridgehead atoms. The first kappa shape index (κ1) is 33.5.